The van der Waals surface area contributed by atoms with Crippen LogP contribution in [0.4, 0.5) is 13.2 Å². The van der Waals surface area contributed by atoms with Gasteiger partial charge in [0.1, 0.15) is 0 Å². The molecule has 0 saturated carbocycles. The van der Waals surface area contributed by atoms with Crippen molar-refractivity contribution in [3.63, 3.8) is 0 Å². The highest BCUT2D eigenvalue weighted by Crippen LogP contribution is 2.20. The molecule has 1 N–H and O–H groups in total. The van der Waals surface area contributed by atoms with Crippen LogP contribution in [-0.4, -0.2) is 42.4 Å². The molecule has 1 rings (SSSR count). The Labute approximate surface area is 100 Å². The van der Waals surface area contributed by atoms with Gasteiger partial charge in [-0.2, -0.15) is 18.7 Å². The predicted molar refractivity (Wildman–Crippen MR) is 59.5 cm³/mol. The van der Waals surface area contributed by atoms with Crippen molar-refractivity contribution >= 4 is 0 Å². The molecule has 6 heteroatoms. The van der Waals surface area contributed by atoms with Crippen LogP contribution in [0, 0.1) is 0 Å². The molecule has 3 nitrogen and oxygen atoms in total. The Kier molecular flexibility index (Phi) is 4.80. The van der Waals surface area contributed by atoms with E-state index in [2.05, 4.69) is 5.48 Å². The predicted octanol–water partition coefficient (Wildman–Crippen LogP) is 2.33. The molecule has 0 aliphatic carbocycles. The smallest absolute Gasteiger partial charge is 0.296 e. The molecule has 0 aromatic rings. The van der Waals surface area contributed by atoms with Gasteiger partial charge in [-0.15, -0.1) is 0 Å². The summed E-state index contributed by atoms with van der Waals surface area (Å²) in [6.07, 6.45) is -2.72. The topological polar surface area (TPSA) is 24.5 Å². The lowest BCUT2D eigenvalue weighted by atomic mass is 10.1. The minimum Gasteiger partial charge on any atom is -0.296 e. The lowest BCUT2D eigenvalue weighted by Crippen LogP contribution is -2.47. The van der Waals surface area contributed by atoms with Crippen LogP contribution >= 0.6 is 0 Å². The molecule has 0 spiro atoms. The number of piperidine rings is 1. The summed E-state index contributed by atoms with van der Waals surface area (Å²) in [5, 5.41) is 0. The molecule has 1 saturated heterocycles. The average Bonchev–Trinajstić information content (AvgIpc) is 2.13. The van der Waals surface area contributed by atoms with Crippen LogP contribution in [-0.2, 0) is 4.84 Å². The van der Waals surface area contributed by atoms with E-state index in [0.29, 0.717) is 25.9 Å². The Morgan fingerprint density at radius 1 is 1.18 bits per heavy atom. The standard InChI is InChI=1S/C11H21F3N2O/c1-10(2,3)17-15-9-4-6-16(7-5-9)8-11(12,13)14/h9,15H,4-8H2,1-3H3. The van der Waals surface area contributed by atoms with Gasteiger partial charge in [0, 0.05) is 19.1 Å². The maximum atomic E-state index is 12.2. The van der Waals surface area contributed by atoms with Gasteiger partial charge in [-0.25, -0.2) is 0 Å². The van der Waals surface area contributed by atoms with Gasteiger partial charge in [0.25, 0.3) is 0 Å². The van der Waals surface area contributed by atoms with Crippen LogP contribution in [0.25, 0.3) is 0 Å². The molecule has 1 fully saturated rings. The quantitative estimate of drug-likeness (QED) is 0.782. The maximum Gasteiger partial charge on any atom is 0.401 e. The highest BCUT2D eigenvalue weighted by Gasteiger charge is 2.32. The van der Waals surface area contributed by atoms with E-state index >= 15 is 0 Å². The lowest BCUT2D eigenvalue weighted by Gasteiger charge is -2.33. The first-order valence-electron chi connectivity index (χ1n) is 5.88. The first-order chi connectivity index (χ1) is 7.66. The third-order valence-corrected chi connectivity index (χ3v) is 2.52. The minimum atomic E-state index is -4.10. The number of hydroxylamine groups is 1. The largest absolute Gasteiger partial charge is 0.401 e. The Hall–Kier alpha value is -0.330. The molecule has 0 radical (unpaired) electrons. The Morgan fingerprint density at radius 3 is 2.12 bits per heavy atom. The average molecular weight is 254 g/mol. The van der Waals surface area contributed by atoms with Crippen LogP contribution in [0.5, 0.6) is 0 Å². The van der Waals surface area contributed by atoms with E-state index in [4.69, 9.17) is 4.84 Å². The fraction of sp³-hybridized carbons (Fsp3) is 1.00. The van der Waals surface area contributed by atoms with Gasteiger partial charge in [0.15, 0.2) is 0 Å². The summed E-state index contributed by atoms with van der Waals surface area (Å²) in [7, 11) is 0. The number of halogens is 3. The van der Waals surface area contributed by atoms with Crippen molar-refractivity contribution in [1.29, 1.82) is 0 Å². The SMILES string of the molecule is CC(C)(C)ONC1CCN(CC(F)(F)F)CC1. The highest BCUT2D eigenvalue weighted by molar-refractivity contribution is 4.76. The Balaban J connectivity index is 2.22. The van der Waals surface area contributed by atoms with Gasteiger partial charge in [0.05, 0.1) is 12.1 Å². The first kappa shape index (κ1) is 14.7. The van der Waals surface area contributed by atoms with E-state index in [1.54, 1.807) is 0 Å². The van der Waals surface area contributed by atoms with Gasteiger partial charge in [-0.05, 0) is 33.6 Å². The summed E-state index contributed by atoms with van der Waals surface area (Å²) >= 11 is 0. The van der Waals surface area contributed by atoms with Crippen LogP contribution in [0.1, 0.15) is 33.6 Å². The van der Waals surface area contributed by atoms with E-state index in [-0.39, 0.29) is 11.6 Å². The van der Waals surface area contributed by atoms with Crippen LogP contribution in [0.2, 0.25) is 0 Å². The van der Waals surface area contributed by atoms with Crippen LogP contribution in [0.3, 0.4) is 0 Å². The minimum absolute atomic E-state index is 0.152. The molecule has 0 unspecified atom stereocenters. The van der Waals surface area contributed by atoms with Crippen molar-refractivity contribution < 1.29 is 18.0 Å². The summed E-state index contributed by atoms with van der Waals surface area (Å²) in [5.41, 5.74) is 2.66. The molecule has 0 aromatic carbocycles. The first-order valence-corrected chi connectivity index (χ1v) is 5.88. The van der Waals surface area contributed by atoms with E-state index in [9.17, 15) is 13.2 Å². The van der Waals surface area contributed by atoms with Gasteiger partial charge in [0.2, 0.25) is 0 Å². The number of hydrogen-bond donors (Lipinski definition) is 1. The summed E-state index contributed by atoms with van der Waals surface area (Å²) in [6, 6.07) is 0.152. The highest BCUT2D eigenvalue weighted by atomic mass is 19.4. The third-order valence-electron chi connectivity index (χ3n) is 2.52. The second kappa shape index (κ2) is 5.54. The molecular formula is C11H21F3N2O. The van der Waals surface area contributed by atoms with E-state index in [1.165, 1.54) is 4.90 Å². The third kappa shape index (κ3) is 6.85. The monoisotopic (exact) mass is 254 g/mol. The van der Waals surface area contributed by atoms with Crippen LogP contribution in [0.15, 0.2) is 0 Å². The van der Waals surface area contributed by atoms with Gasteiger partial charge < -0.3 is 0 Å². The van der Waals surface area contributed by atoms with Crippen LogP contribution < -0.4 is 5.48 Å². The number of nitrogens with zero attached hydrogens (tertiary/aromatic N) is 1. The summed E-state index contributed by atoms with van der Waals surface area (Å²) in [5.74, 6) is 0. The van der Waals surface area contributed by atoms with E-state index in [1.807, 2.05) is 20.8 Å². The normalized spacial score (nSPS) is 20.8. The fourth-order valence-corrected chi connectivity index (χ4v) is 1.72. The van der Waals surface area contributed by atoms with Crippen molar-refractivity contribution in [2.75, 3.05) is 19.6 Å². The molecule has 0 aromatic heterocycles. The molecular weight excluding hydrogens is 233 g/mol. The number of alkyl halides is 3. The number of rotatable bonds is 3. The van der Waals surface area contributed by atoms with Crippen molar-refractivity contribution in [2.24, 2.45) is 0 Å². The zero-order valence-corrected chi connectivity index (χ0v) is 10.6. The number of hydrogen-bond acceptors (Lipinski definition) is 3. The Morgan fingerprint density at radius 2 is 1.71 bits per heavy atom. The second-order valence-electron chi connectivity index (χ2n) is 5.50. The Bertz CT molecular complexity index is 230. The van der Waals surface area contributed by atoms with Gasteiger partial charge >= 0.3 is 6.18 Å². The molecule has 0 bridgehead atoms. The fourth-order valence-electron chi connectivity index (χ4n) is 1.72. The van der Waals surface area contributed by atoms with Crippen molar-refractivity contribution in [3.8, 4) is 0 Å². The van der Waals surface area contributed by atoms with E-state index in [0.717, 1.165) is 0 Å². The molecule has 1 aliphatic rings. The summed E-state index contributed by atoms with van der Waals surface area (Å²) in [4.78, 5) is 6.85. The lowest BCUT2D eigenvalue weighted by molar-refractivity contribution is -0.150. The molecule has 0 atom stereocenters. The summed E-state index contributed by atoms with van der Waals surface area (Å²) < 4.78 is 36.5. The zero-order valence-electron chi connectivity index (χ0n) is 10.6. The van der Waals surface area contributed by atoms with Crippen molar-refractivity contribution in [1.82, 2.24) is 10.4 Å². The number of nitrogens with one attached hydrogen (secondary N) is 1. The molecule has 1 heterocycles. The van der Waals surface area contributed by atoms with Gasteiger partial charge in [-0.3, -0.25) is 9.74 Å². The second-order valence-corrected chi connectivity index (χ2v) is 5.50. The van der Waals surface area contributed by atoms with Gasteiger partial charge in [-0.1, -0.05) is 0 Å². The molecule has 1 aliphatic heterocycles. The number of likely N-dealkylation sites (tertiary alicyclic amines) is 1. The molecule has 17 heavy (non-hydrogen) atoms. The van der Waals surface area contributed by atoms with Crippen molar-refractivity contribution in [2.45, 2.75) is 51.4 Å². The zero-order chi connectivity index (χ0) is 13.1. The molecule has 102 valence electrons. The summed E-state index contributed by atoms with van der Waals surface area (Å²) in [6.45, 7) is 5.91. The van der Waals surface area contributed by atoms with E-state index < -0.39 is 12.7 Å². The maximum absolute atomic E-state index is 12.2. The van der Waals surface area contributed by atoms with Crippen molar-refractivity contribution in [3.05, 3.63) is 0 Å². The molecule has 0 amide bonds.